The van der Waals surface area contributed by atoms with E-state index in [2.05, 4.69) is 26.1 Å². The van der Waals surface area contributed by atoms with Gasteiger partial charge in [0, 0.05) is 6.54 Å². The molecule has 0 bridgehead atoms. The monoisotopic (exact) mass is 212 g/mol. The Bertz CT molecular complexity index is 173. The van der Waals surface area contributed by atoms with Crippen molar-refractivity contribution in [2.24, 2.45) is 23.0 Å². The summed E-state index contributed by atoms with van der Waals surface area (Å²) in [7, 11) is 0. The van der Waals surface area contributed by atoms with Gasteiger partial charge in [-0.1, -0.05) is 20.8 Å². The van der Waals surface area contributed by atoms with E-state index in [4.69, 9.17) is 5.73 Å². The summed E-state index contributed by atoms with van der Waals surface area (Å²) in [6.07, 6.45) is 5.39. The lowest BCUT2D eigenvalue weighted by Gasteiger charge is -2.20. The molecule has 0 saturated heterocycles. The highest BCUT2D eigenvalue weighted by molar-refractivity contribution is 4.96. The molecule has 3 N–H and O–H groups in total. The zero-order valence-electron chi connectivity index (χ0n) is 10.7. The third-order valence-electron chi connectivity index (χ3n) is 4.05. The predicted molar refractivity (Wildman–Crippen MR) is 66.8 cm³/mol. The van der Waals surface area contributed by atoms with Crippen LogP contribution >= 0.6 is 0 Å². The molecule has 1 saturated carbocycles. The van der Waals surface area contributed by atoms with E-state index < -0.39 is 0 Å². The average Bonchev–Trinajstić information content (AvgIpc) is 2.98. The van der Waals surface area contributed by atoms with Crippen molar-refractivity contribution in [1.82, 2.24) is 5.32 Å². The minimum atomic E-state index is 0.652. The normalized spacial score (nSPS) is 20.6. The summed E-state index contributed by atoms with van der Waals surface area (Å²) in [5, 5.41) is 3.61. The fraction of sp³-hybridized carbons (Fsp3) is 1.00. The number of nitrogens with one attached hydrogen (secondary N) is 1. The lowest BCUT2D eigenvalue weighted by atomic mass is 9.92. The molecule has 0 heterocycles. The molecule has 1 aliphatic carbocycles. The van der Waals surface area contributed by atoms with E-state index in [-0.39, 0.29) is 0 Å². The molecule has 0 radical (unpaired) electrons. The van der Waals surface area contributed by atoms with Gasteiger partial charge in [0.1, 0.15) is 0 Å². The molecule has 15 heavy (non-hydrogen) atoms. The van der Waals surface area contributed by atoms with E-state index in [1.54, 1.807) is 0 Å². The van der Waals surface area contributed by atoms with E-state index in [1.165, 1.54) is 38.8 Å². The maximum atomic E-state index is 5.59. The largest absolute Gasteiger partial charge is 0.330 e. The van der Waals surface area contributed by atoms with Gasteiger partial charge in [-0.3, -0.25) is 0 Å². The van der Waals surface area contributed by atoms with E-state index in [9.17, 15) is 0 Å². The summed E-state index contributed by atoms with van der Waals surface area (Å²) in [5.41, 5.74) is 6.24. The van der Waals surface area contributed by atoms with Gasteiger partial charge in [0.25, 0.3) is 0 Å². The van der Waals surface area contributed by atoms with Crippen LogP contribution in [-0.2, 0) is 0 Å². The first-order valence-electron chi connectivity index (χ1n) is 6.51. The summed E-state index contributed by atoms with van der Waals surface area (Å²) in [6.45, 7) is 10.2. The van der Waals surface area contributed by atoms with E-state index in [1.807, 2.05) is 0 Å². The van der Waals surface area contributed by atoms with Gasteiger partial charge in [-0.2, -0.15) is 0 Å². The lowest BCUT2D eigenvalue weighted by Crippen LogP contribution is -2.28. The molecule has 0 aromatic rings. The van der Waals surface area contributed by atoms with E-state index in [0.717, 1.165) is 12.5 Å². The van der Waals surface area contributed by atoms with Crippen LogP contribution in [-0.4, -0.2) is 19.6 Å². The van der Waals surface area contributed by atoms with Crippen LogP contribution in [0.4, 0.5) is 0 Å². The smallest absolute Gasteiger partial charge is 0.00103 e. The zero-order valence-corrected chi connectivity index (χ0v) is 10.7. The van der Waals surface area contributed by atoms with Crippen LogP contribution in [0, 0.1) is 17.3 Å². The Balaban J connectivity index is 1.98. The molecule has 1 rings (SSSR count). The fourth-order valence-electron chi connectivity index (χ4n) is 2.15. The first kappa shape index (κ1) is 13.0. The van der Waals surface area contributed by atoms with Gasteiger partial charge in [-0.25, -0.2) is 0 Å². The number of nitrogens with two attached hydrogens (primary N) is 1. The summed E-state index contributed by atoms with van der Waals surface area (Å²) in [4.78, 5) is 0. The standard InChI is InChI=1S/C13H28N2/c1-11(2)13(6-7-13)10-15-8-4-5-12(3)9-14/h11-12,15H,4-10,14H2,1-3H3. The van der Waals surface area contributed by atoms with Crippen molar-refractivity contribution in [2.45, 2.75) is 46.5 Å². The highest BCUT2D eigenvalue weighted by Crippen LogP contribution is 2.51. The first-order chi connectivity index (χ1) is 7.10. The fourth-order valence-corrected chi connectivity index (χ4v) is 2.15. The number of hydrogen-bond donors (Lipinski definition) is 2. The molecule has 0 spiro atoms. The summed E-state index contributed by atoms with van der Waals surface area (Å²) < 4.78 is 0. The van der Waals surface area contributed by atoms with Crippen molar-refractivity contribution >= 4 is 0 Å². The Labute approximate surface area is 95.0 Å². The Hall–Kier alpha value is -0.0800. The van der Waals surface area contributed by atoms with Crippen molar-refractivity contribution in [3.8, 4) is 0 Å². The first-order valence-corrected chi connectivity index (χ1v) is 6.51. The van der Waals surface area contributed by atoms with Gasteiger partial charge in [0.2, 0.25) is 0 Å². The molecule has 1 unspecified atom stereocenters. The average molecular weight is 212 g/mol. The van der Waals surface area contributed by atoms with Crippen LogP contribution in [0.2, 0.25) is 0 Å². The third-order valence-corrected chi connectivity index (χ3v) is 4.05. The van der Waals surface area contributed by atoms with Crippen LogP contribution < -0.4 is 11.1 Å². The molecule has 1 aliphatic rings. The molecule has 1 fully saturated rings. The van der Waals surface area contributed by atoms with Crippen molar-refractivity contribution in [1.29, 1.82) is 0 Å². The Morgan fingerprint density at radius 3 is 2.40 bits per heavy atom. The topological polar surface area (TPSA) is 38.0 Å². The molecule has 0 aromatic heterocycles. The van der Waals surface area contributed by atoms with Gasteiger partial charge in [0.05, 0.1) is 0 Å². The minimum Gasteiger partial charge on any atom is -0.330 e. The second-order valence-corrected chi connectivity index (χ2v) is 5.68. The summed E-state index contributed by atoms with van der Waals surface area (Å²) in [6, 6.07) is 0. The number of hydrogen-bond acceptors (Lipinski definition) is 2. The molecule has 90 valence electrons. The highest BCUT2D eigenvalue weighted by atomic mass is 14.9. The predicted octanol–water partition coefficient (Wildman–Crippen LogP) is 2.39. The SMILES string of the molecule is CC(CN)CCCNCC1(C(C)C)CC1. The molecule has 0 aliphatic heterocycles. The lowest BCUT2D eigenvalue weighted by molar-refractivity contribution is 0.335. The molecule has 1 atom stereocenters. The Morgan fingerprint density at radius 1 is 1.27 bits per heavy atom. The Kier molecular flexibility index (Phi) is 5.07. The highest BCUT2D eigenvalue weighted by Gasteiger charge is 2.44. The van der Waals surface area contributed by atoms with E-state index in [0.29, 0.717) is 11.3 Å². The molecular weight excluding hydrogens is 184 g/mol. The van der Waals surface area contributed by atoms with Crippen LogP contribution in [0.1, 0.15) is 46.5 Å². The van der Waals surface area contributed by atoms with Crippen LogP contribution in [0.15, 0.2) is 0 Å². The second-order valence-electron chi connectivity index (χ2n) is 5.68. The molecule has 2 heteroatoms. The van der Waals surface area contributed by atoms with Crippen molar-refractivity contribution in [2.75, 3.05) is 19.6 Å². The van der Waals surface area contributed by atoms with Crippen LogP contribution in [0.5, 0.6) is 0 Å². The molecular formula is C13H28N2. The molecule has 2 nitrogen and oxygen atoms in total. The van der Waals surface area contributed by atoms with Crippen LogP contribution in [0.3, 0.4) is 0 Å². The van der Waals surface area contributed by atoms with Crippen molar-refractivity contribution in [3.05, 3.63) is 0 Å². The minimum absolute atomic E-state index is 0.652. The van der Waals surface area contributed by atoms with Crippen LogP contribution in [0.25, 0.3) is 0 Å². The molecule has 0 amide bonds. The Morgan fingerprint density at radius 2 is 1.93 bits per heavy atom. The second kappa shape index (κ2) is 5.86. The van der Waals surface area contributed by atoms with Gasteiger partial charge < -0.3 is 11.1 Å². The number of rotatable bonds is 8. The van der Waals surface area contributed by atoms with Gasteiger partial charge in [-0.05, 0) is 56.0 Å². The maximum Gasteiger partial charge on any atom is 0.00103 e. The van der Waals surface area contributed by atoms with Crippen molar-refractivity contribution in [3.63, 3.8) is 0 Å². The zero-order chi connectivity index (χ0) is 11.3. The van der Waals surface area contributed by atoms with Crippen molar-refractivity contribution < 1.29 is 0 Å². The molecule has 0 aromatic carbocycles. The quantitative estimate of drug-likeness (QED) is 0.606. The third kappa shape index (κ3) is 4.12. The van der Waals surface area contributed by atoms with Gasteiger partial charge in [0.15, 0.2) is 0 Å². The van der Waals surface area contributed by atoms with Gasteiger partial charge in [-0.15, -0.1) is 0 Å². The summed E-state index contributed by atoms with van der Waals surface area (Å²) in [5.74, 6) is 1.53. The summed E-state index contributed by atoms with van der Waals surface area (Å²) >= 11 is 0. The van der Waals surface area contributed by atoms with Gasteiger partial charge >= 0.3 is 0 Å². The maximum absolute atomic E-state index is 5.59. The van der Waals surface area contributed by atoms with E-state index >= 15 is 0 Å².